The smallest absolute Gasteiger partial charge is 0.137 e. The van der Waals surface area contributed by atoms with Gasteiger partial charge in [0.25, 0.3) is 0 Å². The standard InChI is InChI=1S/C16H21N3/c1-11(2)12-3-5-13(6-4-12)16-18-10-15(19-16)9-17-14-7-8-14/h3-6,10-11,14,17H,7-9H2,1-2H3,(H,18,19). The van der Waals surface area contributed by atoms with Crippen molar-refractivity contribution in [3.05, 3.63) is 41.7 Å². The summed E-state index contributed by atoms with van der Waals surface area (Å²) in [7, 11) is 0. The molecule has 0 unspecified atom stereocenters. The molecule has 100 valence electrons. The van der Waals surface area contributed by atoms with Crippen molar-refractivity contribution in [1.82, 2.24) is 15.3 Å². The van der Waals surface area contributed by atoms with Crippen molar-refractivity contribution < 1.29 is 0 Å². The van der Waals surface area contributed by atoms with Gasteiger partial charge in [-0.2, -0.15) is 0 Å². The number of hydrogen-bond acceptors (Lipinski definition) is 2. The van der Waals surface area contributed by atoms with Crippen molar-refractivity contribution in [3.8, 4) is 11.4 Å². The molecule has 0 bridgehead atoms. The Bertz CT molecular complexity index is 535. The van der Waals surface area contributed by atoms with E-state index < -0.39 is 0 Å². The second-order valence-corrected chi connectivity index (χ2v) is 5.69. The third-order valence-corrected chi connectivity index (χ3v) is 3.64. The summed E-state index contributed by atoms with van der Waals surface area (Å²) >= 11 is 0. The maximum Gasteiger partial charge on any atom is 0.137 e. The fourth-order valence-corrected chi connectivity index (χ4v) is 2.16. The first-order valence-corrected chi connectivity index (χ1v) is 7.10. The lowest BCUT2D eigenvalue weighted by molar-refractivity contribution is 0.677. The van der Waals surface area contributed by atoms with Crippen molar-refractivity contribution in [2.45, 2.75) is 45.2 Å². The average Bonchev–Trinajstić information content (AvgIpc) is 3.13. The van der Waals surface area contributed by atoms with Gasteiger partial charge in [-0.3, -0.25) is 0 Å². The maximum atomic E-state index is 4.46. The zero-order chi connectivity index (χ0) is 13.2. The fourth-order valence-electron chi connectivity index (χ4n) is 2.16. The van der Waals surface area contributed by atoms with Crippen LogP contribution < -0.4 is 5.32 Å². The van der Waals surface area contributed by atoms with Gasteiger partial charge in [-0.1, -0.05) is 38.1 Å². The Morgan fingerprint density at radius 2 is 2.00 bits per heavy atom. The quantitative estimate of drug-likeness (QED) is 0.859. The fraction of sp³-hybridized carbons (Fsp3) is 0.438. The van der Waals surface area contributed by atoms with E-state index in [1.807, 2.05) is 6.20 Å². The number of imidazole rings is 1. The van der Waals surface area contributed by atoms with Gasteiger partial charge in [0.15, 0.2) is 0 Å². The number of benzene rings is 1. The minimum absolute atomic E-state index is 0.573. The van der Waals surface area contributed by atoms with Crippen LogP contribution >= 0.6 is 0 Å². The van der Waals surface area contributed by atoms with Gasteiger partial charge in [0.2, 0.25) is 0 Å². The van der Waals surface area contributed by atoms with Gasteiger partial charge in [0.05, 0.1) is 0 Å². The van der Waals surface area contributed by atoms with Crippen molar-refractivity contribution in [2.24, 2.45) is 0 Å². The molecule has 19 heavy (non-hydrogen) atoms. The van der Waals surface area contributed by atoms with Crippen molar-refractivity contribution in [3.63, 3.8) is 0 Å². The molecule has 1 aliphatic rings. The SMILES string of the molecule is CC(C)c1ccc(-c2ncc(CNC3CC3)[nH]2)cc1. The largest absolute Gasteiger partial charge is 0.341 e. The van der Waals surface area contributed by atoms with Gasteiger partial charge in [0.1, 0.15) is 5.82 Å². The molecule has 3 rings (SSSR count). The van der Waals surface area contributed by atoms with Crippen LogP contribution in [0.25, 0.3) is 11.4 Å². The van der Waals surface area contributed by atoms with Gasteiger partial charge in [-0.15, -0.1) is 0 Å². The molecule has 1 aliphatic carbocycles. The Morgan fingerprint density at radius 3 is 2.63 bits per heavy atom. The van der Waals surface area contributed by atoms with E-state index in [0.29, 0.717) is 5.92 Å². The zero-order valence-electron chi connectivity index (χ0n) is 11.6. The summed E-state index contributed by atoms with van der Waals surface area (Å²) in [6, 6.07) is 9.39. The highest BCUT2D eigenvalue weighted by molar-refractivity contribution is 5.55. The van der Waals surface area contributed by atoms with Gasteiger partial charge in [0, 0.05) is 30.0 Å². The molecule has 0 atom stereocenters. The second kappa shape index (κ2) is 5.17. The van der Waals surface area contributed by atoms with Crippen LogP contribution in [0.3, 0.4) is 0 Å². The van der Waals surface area contributed by atoms with Gasteiger partial charge < -0.3 is 10.3 Å². The van der Waals surface area contributed by atoms with Crippen LogP contribution in [0.4, 0.5) is 0 Å². The van der Waals surface area contributed by atoms with E-state index in [9.17, 15) is 0 Å². The molecule has 2 aromatic rings. The van der Waals surface area contributed by atoms with Crippen molar-refractivity contribution in [1.29, 1.82) is 0 Å². The van der Waals surface area contributed by atoms with E-state index in [0.717, 1.165) is 29.7 Å². The molecule has 1 aromatic heterocycles. The topological polar surface area (TPSA) is 40.7 Å². The van der Waals surface area contributed by atoms with Gasteiger partial charge in [-0.05, 0) is 24.3 Å². The van der Waals surface area contributed by atoms with Crippen LogP contribution in [0.2, 0.25) is 0 Å². The minimum Gasteiger partial charge on any atom is -0.341 e. The summed E-state index contributed by atoms with van der Waals surface area (Å²) < 4.78 is 0. The lowest BCUT2D eigenvalue weighted by atomic mass is 10.0. The van der Waals surface area contributed by atoms with E-state index >= 15 is 0 Å². The number of aromatic amines is 1. The first-order valence-electron chi connectivity index (χ1n) is 7.10. The van der Waals surface area contributed by atoms with Crippen LogP contribution in [-0.2, 0) is 6.54 Å². The third kappa shape index (κ3) is 3.04. The lowest BCUT2D eigenvalue weighted by Gasteiger charge is -2.05. The molecule has 0 amide bonds. The van der Waals surface area contributed by atoms with Crippen LogP contribution in [0.15, 0.2) is 30.5 Å². The molecule has 2 N–H and O–H groups in total. The number of hydrogen-bond donors (Lipinski definition) is 2. The third-order valence-electron chi connectivity index (χ3n) is 3.64. The van der Waals surface area contributed by atoms with Crippen LogP contribution in [0, 0.1) is 0 Å². The highest BCUT2D eigenvalue weighted by Crippen LogP contribution is 2.21. The number of rotatable bonds is 5. The average molecular weight is 255 g/mol. The summed E-state index contributed by atoms with van der Waals surface area (Å²) in [5.41, 5.74) is 3.68. The summed E-state index contributed by atoms with van der Waals surface area (Å²) in [6.07, 6.45) is 4.57. The molecule has 0 aliphatic heterocycles. The van der Waals surface area contributed by atoms with Crippen LogP contribution in [0.5, 0.6) is 0 Å². The highest BCUT2D eigenvalue weighted by atomic mass is 15.0. The first kappa shape index (κ1) is 12.4. The summed E-state index contributed by atoms with van der Waals surface area (Å²) in [4.78, 5) is 7.85. The molecule has 0 spiro atoms. The Kier molecular flexibility index (Phi) is 3.38. The van der Waals surface area contributed by atoms with Gasteiger partial charge >= 0.3 is 0 Å². The van der Waals surface area contributed by atoms with E-state index in [1.165, 1.54) is 18.4 Å². The molecule has 0 radical (unpaired) electrons. The number of nitrogens with zero attached hydrogens (tertiary/aromatic N) is 1. The molecule has 3 nitrogen and oxygen atoms in total. The molecule has 3 heteroatoms. The molecule has 1 fully saturated rings. The van der Waals surface area contributed by atoms with E-state index in [2.05, 4.69) is 53.4 Å². The molecule has 1 saturated carbocycles. The Hall–Kier alpha value is -1.61. The molecule has 0 saturated heterocycles. The van der Waals surface area contributed by atoms with E-state index in [-0.39, 0.29) is 0 Å². The lowest BCUT2D eigenvalue weighted by Crippen LogP contribution is -2.15. The van der Waals surface area contributed by atoms with E-state index in [4.69, 9.17) is 0 Å². The Labute approximate surface area is 114 Å². The second-order valence-electron chi connectivity index (χ2n) is 5.69. The monoisotopic (exact) mass is 255 g/mol. The molecule has 1 heterocycles. The number of H-pyrrole nitrogens is 1. The summed E-state index contributed by atoms with van der Waals surface area (Å²) in [5.74, 6) is 1.53. The maximum absolute atomic E-state index is 4.46. The Morgan fingerprint density at radius 1 is 1.26 bits per heavy atom. The summed E-state index contributed by atoms with van der Waals surface area (Å²) in [5, 5.41) is 3.49. The van der Waals surface area contributed by atoms with Crippen LogP contribution in [0.1, 0.15) is 43.9 Å². The van der Waals surface area contributed by atoms with Gasteiger partial charge in [-0.25, -0.2) is 4.98 Å². The van der Waals surface area contributed by atoms with E-state index in [1.54, 1.807) is 0 Å². The number of aromatic nitrogens is 2. The normalized spacial score (nSPS) is 15.1. The minimum atomic E-state index is 0.573. The Balaban J connectivity index is 1.70. The molecule has 1 aromatic carbocycles. The predicted octanol–water partition coefficient (Wildman–Crippen LogP) is 3.45. The zero-order valence-corrected chi connectivity index (χ0v) is 11.6. The number of nitrogens with one attached hydrogen (secondary N) is 2. The van der Waals surface area contributed by atoms with Crippen LogP contribution in [-0.4, -0.2) is 16.0 Å². The molecular formula is C16H21N3. The molecular weight excluding hydrogens is 234 g/mol. The van der Waals surface area contributed by atoms with Crippen molar-refractivity contribution >= 4 is 0 Å². The first-order chi connectivity index (χ1) is 9.22. The highest BCUT2D eigenvalue weighted by Gasteiger charge is 2.20. The van der Waals surface area contributed by atoms with Crippen molar-refractivity contribution in [2.75, 3.05) is 0 Å². The predicted molar refractivity (Wildman–Crippen MR) is 78.0 cm³/mol. The summed E-state index contributed by atoms with van der Waals surface area (Å²) in [6.45, 7) is 5.31.